The second-order valence-electron chi connectivity index (χ2n) is 7.65. The third-order valence-electron chi connectivity index (χ3n) is 5.18. The van der Waals surface area contributed by atoms with E-state index in [4.69, 9.17) is 9.47 Å². The van der Waals surface area contributed by atoms with Gasteiger partial charge in [-0.1, -0.05) is 43.7 Å². The molecule has 35 heavy (non-hydrogen) atoms. The lowest BCUT2D eigenvalue weighted by Crippen LogP contribution is -2.30. The van der Waals surface area contributed by atoms with E-state index in [9.17, 15) is 18.0 Å². The Balaban J connectivity index is 1.59. The number of hydrogen-bond acceptors (Lipinski definition) is 6. The summed E-state index contributed by atoms with van der Waals surface area (Å²) in [4.78, 5) is 24.8. The molecule has 0 heterocycles. The van der Waals surface area contributed by atoms with E-state index in [0.717, 1.165) is 5.56 Å². The first kappa shape index (κ1) is 25.9. The lowest BCUT2D eigenvalue weighted by molar-refractivity contribution is -0.119. The number of nitrogens with one attached hydrogen (secondary N) is 1. The molecule has 0 aliphatic heterocycles. The number of rotatable bonds is 10. The van der Waals surface area contributed by atoms with Crippen molar-refractivity contribution in [3.8, 4) is 11.5 Å². The van der Waals surface area contributed by atoms with Gasteiger partial charge in [0, 0.05) is 13.1 Å². The summed E-state index contributed by atoms with van der Waals surface area (Å²) < 4.78 is 37.4. The maximum atomic E-state index is 12.6. The minimum atomic E-state index is -3.63. The highest BCUT2D eigenvalue weighted by Gasteiger charge is 2.22. The van der Waals surface area contributed by atoms with E-state index in [0.29, 0.717) is 30.3 Å². The molecule has 0 spiro atoms. The van der Waals surface area contributed by atoms with E-state index >= 15 is 0 Å². The molecule has 8 nitrogen and oxygen atoms in total. The summed E-state index contributed by atoms with van der Waals surface area (Å²) in [7, 11) is -3.63. The first-order chi connectivity index (χ1) is 16.7. The average Bonchev–Trinajstić information content (AvgIpc) is 2.86. The zero-order valence-corrected chi connectivity index (χ0v) is 20.7. The Hall–Kier alpha value is -3.69. The number of carbonyl (C=O) groups is 2. The maximum absolute atomic E-state index is 12.6. The second kappa shape index (κ2) is 11.6. The zero-order chi connectivity index (χ0) is 25.4. The third-order valence-corrected chi connectivity index (χ3v) is 7.24. The van der Waals surface area contributed by atoms with Gasteiger partial charge in [0.15, 0.2) is 12.4 Å². The van der Waals surface area contributed by atoms with Gasteiger partial charge in [0.25, 0.3) is 5.91 Å². The molecule has 0 radical (unpaired) electrons. The number of aryl methyl sites for hydroxylation is 1. The monoisotopic (exact) mass is 496 g/mol. The Morgan fingerprint density at radius 2 is 1.51 bits per heavy atom. The van der Waals surface area contributed by atoms with Gasteiger partial charge in [0.1, 0.15) is 5.75 Å². The number of ether oxygens (including phenoxy) is 2. The number of esters is 1. The predicted octanol–water partition coefficient (Wildman–Crippen LogP) is 4.61. The first-order valence-corrected chi connectivity index (χ1v) is 12.6. The van der Waals surface area contributed by atoms with Gasteiger partial charge < -0.3 is 14.8 Å². The molecule has 3 rings (SSSR count). The highest BCUT2D eigenvalue weighted by Crippen LogP contribution is 2.29. The van der Waals surface area contributed by atoms with Crippen molar-refractivity contribution in [2.24, 2.45) is 0 Å². The largest absolute Gasteiger partial charge is 0.455 e. The van der Waals surface area contributed by atoms with E-state index in [1.807, 2.05) is 31.2 Å². The molecule has 0 fully saturated rings. The van der Waals surface area contributed by atoms with Crippen LogP contribution in [0.3, 0.4) is 0 Å². The summed E-state index contributed by atoms with van der Waals surface area (Å²) in [5.41, 5.74) is 1.67. The molecule has 0 aromatic heterocycles. The predicted molar refractivity (Wildman–Crippen MR) is 133 cm³/mol. The maximum Gasteiger partial charge on any atom is 0.338 e. The van der Waals surface area contributed by atoms with E-state index in [-0.39, 0.29) is 10.5 Å². The van der Waals surface area contributed by atoms with Gasteiger partial charge in [-0.15, -0.1) is 0 Å². The molecule has 0 aliphatic rings. The van der Waals surface area contributed by atoms with Gasteiger partial charge in [-0.3, -0.25) is 4.79 Å². The van der Waals surface area contributed by atoms with Crippen LogP contribution in [-0.4, -0.2) is 44.3 Å². The van der Waals surface area contributed by atoms with E-state index < -0.39 is 28.5 Å². The van der Waals surface area contributed by atoms with Crippen LogP contribution >= 0.6 is 0 Å². The number of carbonyl (C=O) groups excluding carboxylic acids is 2. The summed E-state index contributed by atoms with van der Waals surface area (Å²) in [5.74, 6) is -0.216. The fourth-order valence-corrected chi connectivity index (χ4v) is 4.73. The number of benzene rings is 3. The molecule has 3 aromatic carbocycles. The molecule has 1 N–H and O–H groups in total. The van der Waals surface area contributed by atoms with Gasteiger partial charge in [-0.25, -0.2) is 13.2 Å². The summed E-state index contributed by atoms with van der Waals surface area (Å²) >= 11 is 0. The highest BCUT2D eigenvalue weighted by molar-refractivity contribution is 7.89. The van der Waals surface area contributed by atoms with Crippen LogP contribution in [0, 0.1) is 6.92 Å². The molecular formula is C26H28N2O6S. The van der Waals surface area contributed by atoms with Crippen LogP contribution in [0.1, 0.15) is 29.8 Å². The van der Waals surface area contributed by atoms with Crippen LogP contribution in [0.2, 0.25) is 0 Å². The number of nitrogens with zero attached hydrogens (tertiary/aromatic N) is 1. The quantitative estimate of drug-likeness (QED) is 0.411. The SMILES string of the molecule is CCN(CC)S(=O)(=O)c1ccc(C(=O)OCC(=O)Nc2ccccc2Oc2ccc(C)cc2)cc1. The lowest BCUT2D eigenvalue weighted by atomic mass is 10.2. The number of para-hydroxylation sites is 2. The lowest BCUT2D eigenvalue weighted by Gasteiger charge is -2.18. The van der Waals surface area contributed by atoms with Crippen LogP contribution < -0.4 is 10.1 Å². The Kier molecular flexibility index (Phi) is 8.62. The molecule has 0 atom stereocenters. The summed E-state index contributed by atoms with van der Waals surface area (Å²) in [6.07, 6.45) is 0. The molecule has 0 bridgehead atoms. The van der Waals surface area contributed by atoms with Crippen molar-refractivity contribution in [1.82, 2.24) is 4.31 Å². The molecule has 1 amide bonds. The first-order valence-electron chi connectivity index (χ1n) is 11.1. The topological polar surface area (TPSA) is 102 Å². The van der Waals surface area contributed by atoms with Crippen molar-refractivity contribution >= 4 is 27.6 Å². The summed E-state index contributed by atoms with van der Waals surface area (Å²) in [6, 6.07) is 19.8. The van der Waals surface area contributed by atoms with Gasteiger partial charge in [0.05, 0.1) is 16.1 Å². The molecular weight excluding hydrogens is 468 g/mol. The van der Waals surface area contributed by atoms with Crippen LogP contribution in [-0.2, 0) is 19.6 Å². The Labute approximate surface area is 205 Å². The van der Waals surface area contributed by atoms with Gasteiger partial charge in [-0.2, -0.15) is 4.31 Å². The fourth-order valence-electron chi connectivity index (χ4n) is 3.27. The smallest absolute Gasteiger partial charge is 0.338 e. The van der Waals surface area contributed by atoms with Gasteiger partial charge in [-0.05, 0) is 55.5 Å². The molecule has 3 aromatic rings. The van der Waals surface area contributed by atoms with Crippen LogP contribution in [0.15, 0.2) is 77.7 Å². The minimum Gasteiger partial charge on any atom is -0.455 e. The van der Waals surface area contributed by atoms with Crippen molar-refractivity contribution in [2.75, 3.05) is 25.0 Å². The standard InChI is InChI=1S/C26H28N2O6S/c1-4-28(5-2)35(31,32)22-16-12-20(13-17-22)26(30)33-18-25(29)27-23-8-6-7-9-24(23)34-21-14-10-19(3)11-15-21/h6-17H,4-5,18H2,1-3H3,(H,27,29). The second-order valence-corrected chi connectivity index (χ2v) is 9.59. The third kappa shape index (κ3) is 6.68. The summed E-state index contributed by atoms with van der Waals surface area (Å²) in [5, 5.41) is 2.68. The molecule has 0 saturated heterocycles. The summed E-state index contributed by atoms with van der Waals surface area (Å²) in [6.45, 7) is 5.66. The van der Waals surface area contributed by atoms with E-state index in [1.54, 1.807) is 38.1 Å². The van der Waals surface area contributed by atoms with E-state index in [2.05, 4.69) is 5.32 Å². The number of hydrogen-bond donors (Lipinski definition) is 1. The molecule has 0 aliphatic carbocycles. The van der Waals surface area contributed by atoms with Crippen molar-refractivity contribution < 1.29 is 27.5 Å². The Morgan fingerprint density at radius 3 is 2.14 bits per heavy atom. The fraction of sp³-hybridized carbons (Fsp3) is 0.231. The van der Waals surface area contributed by atoms with E-state index in [1.165, 1.54) is 28.6 Å². The Morgan fingerprint density at radius 1 is 0.886 bits per heavy atom. The minimum absolute atomic E-state index is 0.0840. The average molecular weight is 497 g/mol. The number of sulfonamides is 1. The number of anilines is 1. The van der Waals surface area contributed by atoms with Crippen LogP contribution in [0.5, 0.6) is 11.5 Å². The van der Waals surface area contributed by atoms with Crippen molar-refractivity contribution in [3.05, 3.63) is 83.9 Å². The van der Waals surface area contributed by atoms with Crippen molar-refractivity contribution in [1.29, 1.82) is 0 Å². The van der Waals surface area contributed by atoms with Gasteiger partial charge >= 0.3 is 5.97 Å². The molecule has 184 valence electrons. The van der Waals surface area contributed by atoms with Crippen molar-refractivity contribution in [2.45, 2.75) is 25.7 Å². The normalized spacial score (nSPS) is 11.2. The van der Waals surface area contributed by atoms with Crippen LogP contribution in [0.25, 0.3) is 0 Å². The molecule has 0 saturated carbocycles. The molecule has 0 unspecified atom stereocenters. The Bertz CT molecular complexity index is 1270. The van der Waals surface area contributed by atoms with Crippen molar-refractivity contribution in [3.63, 3.8) is 0 Å². The number of amides is 1. The molecule has 9 heteroatoms. The van der Waals surface area contributed by atoms with Gasteiger partial charge in [0.2, 0.25) is 10.0 Å². The highest BCUT2D eigenvalue weighted by atomic mass is 32.2. The van der Waals surface area contributed by atoms with Crippen LogP contribution in [0.4, 0.5) is 5.69 Å². The zero-order valence-electron chi connectivity index (χ0n) is 19.9.